The lowest BCUT2D eigenvalue weighted by atomic mass is 9.81. The molecule has 2 N–H and O–H groups in total. The van der Waals surface area contributed by atoms with Gasteiger partial charge in [-0.3, -0.25) is 9.58 Å². The molecule has 2 fully saturated rings. The van der Waals surface area contributed by atoms with Crippen LogP contribution in [0.5, 0.6) is 0 Å². The summed E-state index contributed by atoms with van der Waals surface area (Å²) >= 11 is 0. The normalized spacial score (nSPS) is 26.8. The number of rotatable bonds is 3. The number of aryl methyl sites for hydroxylation is 1. The SMILES string of the molecule is CCC1CN(C2CC(n3nc(C)c4c(N)nccc43)C2)C1. The number of hydrogen-bond acceptors (Lipinski definition) is 4. The van der Waals surface area contributed by atoms with E-state index in [1.165, 1.54) is 32.4 Å². The summed E-state index contributed by atoms with van der Waals surface area (Å²) in [5.74, 6) is 1.53. The zero-order valence-corrected chi connectivity index (χ0v) is 12.8. The van der Waals surface area contributed by atoms with Gasteiger partial charge < -0.3 is 5.73 Å². The van der Waals surface area contributed by atoms with E-state index in [2.05, 4.69) is 21.5 Å². The van der Waals surface area contributed by atoms with Gasteiger partial charge in [0.25, 0.3) is 0 Å². The van der Waals surface area contributed by atoms with E-state index < -0.39 is 0 Å². The first-order valence-corrected chi connectivity index (χ1v) is 8.00. The summed E-state index contributed by atoms with van der Waals surface area (Å²) in [7, 11) is 0. The van der Waals surface area contributed by atoms with Crippen LogP contribution >= 0.6 is 0 Å². The average molecular weight is 285 g/mol. The average Bonchev–Trinajstić information content (AvgIpc) is 2.69. The van der Waals surface area contributed by atoms with Crippen molar-refractivity contribution in [3.05, 3.63) is 18.0 Å². The number of fused-ring (bicyclic) bond motifs is 1. The Bertz CT molecular complexity index is 665. The highest BCUT2D eigenvalue weighted by Gasteiger charge is 2.40. The van der Waals surface area contributed by atoms with Gasteiger partial charge in [0.2, 0.25) is 0 Å². The number of aromatic nitrogens is 3. The van der Waals surface area contributed by atoms with Crippen molar-refractivity contribution in [3.63, 3.8) is 0 Å². The molecule has 0 radical (unpaired) electrons. The Morgan fingerprint density at radius 3 is 2.76 bits per heavy atom. The van der Waals surface area contributed by atoms with E-state index in [1.807, 2.05) is 13.0 Å². The van der Waals surface area contributed by atoms with Crippen LogP contribution in [0.1, 0.15) is 37.9 Å². The smallest absolute Gasteiger partial charge is 0.134 e. The predicted molar refractivity (Wildman–Crippen MR) is 84.1 cm³/mol. The van der Waals surface area contributed by atoms with Crippen LogP contribution in [0, 0.1) is 12.8 Å². The Kier molecular flexibility index (Phi) is 2.92. The molecule has 21 heavy (non-hydrogen) atoms. The molecular formula is C16H23N5. The van der Waals surface area contributed by atoms with E-state index in [0.29, 0.717) is 11.9 Å². The Labute approximate surface area is 125 Å². The van der Waals surface area contributed by atoms with Crippen molar-refractivity contribution in [2.24, 2.45) is 5.92 Å². The van der Waals surface area contributed by atoms with Crippen LogP contribution in [0.15, 0.2) is 12.3 Å². The van der Waals surface area contributed by atoms with Gasteiger partial charge in [-0.05, 0) is 31.7 Å². The Hall–Kier alpha value is -1.62. The standard InChI is InChI=1S/C16H23N5/c1-3-11-8-20(9-11)12-6-13(7-12)21-14-4-5-18-16(17)15(14)10(2)19-21/h4-5,11-13H,3,6-9H2,1-2H3,(H2,17,18). The second-order valence-electron chi connectivity index (χ2n) is 6.63. The van der Waals surface area contributed by atoms with Gasteiger partial charge in [0.1, 0.15) is 5.82 Å². The lowest BCUT2D eigenvalue weighted by Crippen LogP contribution is -2.56. The van der Waals surface area contributed by atoms with Crippen LogP contribution < -0.4 is 5.73 Å². The maximum atomic E-state index is 5.99. The Morgan fingerprint density at radius 1 is 1.29 bits per heavy atom. The van der Waals surface area contributed by atoms with Gasteiger partial charge >= 0.3 is 0 Å². The molecule has 0 bridgehead atoms. The minimum absolute atomic E-state index is 0.522. The van der Waals surface area contributed by atoms with Crippen molar-refractivity contribution in [2.75, 3.05) is 18.8 Å². The molecule has 1 saturated carbocycles. The Morgan fingerprint density at radius 2 is 2.05 bits per heavy atom. The second kappa shape index (κ2) is 4.70. The Balaban J connectivity index is 1.51. The first kappa shape index (κ1) is 13.1. The molecule has 0 aromatic carbocycles. The summed E-state index contributed by atoms with van der Waals surface area (Å²) in [6.45, 7) is 6.91. The topological polar surface area (TPSA) is 60.0 Å². The molecule has 5 nitrogen and oxygen atoms in total. The minimum Gasteiger partial charge on any atom is -0.383 e. The molecule has 5 heteroatoms. The number of likely N-dealkylation sites (tertiary alicyclic amines) is 1. The van der Waals surface area contributed by atoms with Crippen LogP contribution in [0.3, 0.4) is 0 Å². The van der Waals surface area contributed by atoms with Crippen molar-refractivity contribution in [1.29, 1.82) is 0 Å². The second-order valence-corrected chi connectivity index (χ2v) is 6.63. The van der Waals surface area contributed by atoms with Gasteiger partial charge in [-0.25, -0.2) is 4.98 Å². The highest BCUT2D eigenvalue weighted by molar-refractivity contribution is 5.90. The van der Waals surface area contributed by atoms with Gasteiger partial charge in [0.05, 0.1) is 22.6 Å². The van der Waals surface area contributed by atoms with E-state index >= 15 is 0 Å². The van der Waals surface area contributed by atoms with Crippen molar-refractivity contribution in [3.8, 4) is 0 Å². The molecule has 0 spiro atoms. The molecule has 112 valence electrons. The van der Waals surface area contributed by atoms with Crippen molar-refractivity contribution in [1.82, 2.24) is 19.7 Å². The summed E-state index contributed by atoms with van der Waals surface area (Å²) in [5, 5.41) is 5.74. The lowest BCUT2D eigenvalue weighted by molar-refractivity contribution is -0.00797. The molecule has 4 rings (SSSR count). The number of anilines is 1. The zero-order chi connectivity index (χ0) is 14.6. The maximum absolute atomic E-state index is 5.99. The van der Waals surface area contributed by atoms with E-state index in [0.717, 1.165) is 28.6 Å². The largest absolute Gasteiger partial charge is 0.383 e. The molecule has 0 amide bonds. The molecule has 2 aliphatic rings. The van der Waals surface area contributed by atoms with Crippen LogP contribution in [0.2, 0.25) is 0 Å². The van der Waals surface area contributed by atoms with Crippen LogP contribution in [-0.4, -0.2) is 38.8 Å². The monoisotopic (exact) mass is 285 g/mol. The molecule has 3 heterocycles. The van der Waals surface area contributed by atoms with E-state index in [4.69, 9.17) is 10.8 Å². The fourth-order valence-corrected chi connectivity index (χ4v) is 3.80. The first-order chi connectivity index (χ1) is 10.2. The van der Waals surface area contributed by atoms with Crippen molar-refractivity contribution < 1.29 is 0 Å². The fraction of sp³-hybridized carbons (Fsp3) is 0.625. The quantitative estimate of drug-likeness (QED) is 0.940. The zero-order valence-electron chi connectivity index (χ0n) is 12.8. The van der Waals surface area contributed by atoms with Crippen LogP contribution in [0.4, 0.5) is 5.82 Å². The van der Waals surface area contributed by atoms with E-state index in [1.54, 1.807) is 6.20 Å². The third-order valence-electron chi connectivity index (χ3n) is 5.34. The molecular weight excluding hydrogens is 262 g/mol. The van der Waals surface area contributed by atoms with Crippen LogP contribution in [-0.2, 0) is 0 Å². The number of hydrogen-bond donors (Lipinski definition) is 1. The van der Waals surface area contributed by atoms with Crippen molar-refractivity contribution in [2.45, 2.75) is 45.2 Å². The summed E-state index contributed by atoms with van der Waals surface area (Å²) in [4.78, 5) is 6.82. The minimum atomic E-state index is 0.522. The molecule has 2 aromatic heterocycles. The first-order valence-electron chi connectivity index (χ1n) is 8.00. The van der Waals surface area contributed by atoms with Gasteiger partial charge in [-0.1, -0.05) is 13.3 Å². The predicted octanol–water partition coefficient (Wildman–Crippen LogP) is 2.37. The summed E-state index contributed by atoms with van der Waals surface area (Å²) in [6.07, 6.45) is 5.54. The summed E-state index contributed by atoms with van der Waals surface area (Å²) in [5.41, 5.74) is 8.13. The lowest BCUT2D eigenvalue weighted by Gasteiger charge is -2.50. The number of pyridine rings is 1. The molecule has 1 saturated heterocycles. The van der Waals surface area contributed by atoms with E-state index in [-0.39, 0.29) is 0 Å². The molecule has 1 aliphatic carbocycles. The summed E-state index contributed by atoms with van der Waals surface area (Å²) < 4.78 is 2.18. The highest BCUT2D eigenvalue weighted by Crippen LogP contribution is 2.41. The summed E-state index contributed by atoms with van der Waals surface area (Å²) in [6, 6.07) is 3.32. The number of nitrogens with two attached hydrogens (primary N) is 1. The van der Waals surface area contributed by atoms with Crippen molar-refractivity contribution >= 4 is 16.7 Å². The molecule has 0 unspecified atom stereocenters. The van der Waals surface area contributed by atoms with Gasteiger partial charge in [0.15, 0.2) is 0 Å². The third kappa shape index (κ3) is 1.94. The number of nitrogen functional groups attached to an aromatic ring is 1. The van der Waals surface area contributed by atoms with Gasteiger partial charge in [-0.15, -0.1) is 0 Å². The third-order valence-corrected chi connectivity index (χ3v) is 5.34. The van der Waals surface area contributed by atoms with Gasteiger partial charge in [-0.2, -0.15) is 5.10 Å². The molecule has 0 atom stereocenters. The maximum Gasteiger partial charge on any atom is 0.134 e. The fourth-order valence-electron chi connectivity index (χ4n) is 3.80. The molecule has 1 aliphatic heterocycles. The van der Waals surface area contributed by atoms with E-state index in [9.17, 15) is 0 Å². The highest BCUT2D eigenvalue weighted by atomic mass is 15.3. The molecule has 2 aromatic rings. The van der Waals surface area contributed by atoms with Crippen LogP contribution in [0.25, 0.3) is 10.9 Å². The van der Waals surface area contributed by atoms with Gasteiger partial charge in [0, 0.05) is 25.3 Å². The number of nitrogens with zero attached hydrogens (tertiary/aromatic N) is 4.